The van der Waals surface area contributed by atoms with Gasteiger partial charge in [0, 0.05) is 6.08 Å². The summed E-state index contributed by atoms with van der Waals surface area (Å²) < 4.78 is 12.0. The molecule has 21 heavy (non-hydrogen) atoms. The maximum absolute atomic E-state index is 12.4. The zero-order chi connectivity index (χ0) is 15.6. The monoisotopic (exact) mass is 354 g/mol. The molecule has 0 N–H and O–H groups in total. The van der Waals surface area contributed by atoms with Crippen LogP contribution >= 0.6 is 15.9 Å². The average molecular weight is 355 g/mol. The molecule has 0 aromatic rings. The number of hydrogen-bond donors (Lipinski definition) is 0. The van der Waals surface area contributed by atoms with Gasteiger partial charge < -0.3 is 9.47 Å². The number of carbonyl (C=O) groups excluding carboxylic acids is 2. The first-order valence-electron chi connectivity index (χ1n) is 7.14. The normalized spacial score (nSPS) is 44.0. The third kappa shape index (κ3) is 1.50. The lowest BCUT2D eigenvalue weighted by Gasteiger charge is -2.42. The summed E-state index contributed by atoms with van der Waals surface area (Å²) in [6, 6.07) is 0. The second-order valence-corrected chi connectivity index (χ2v) is 7.82. The molecule has 0 aromatic carbocycles. The summed E-state index contributed by atoms with van der Waals surface area (Å²) in [5, 5.41) is 0. The average Bonchev–Trinajstić information content (AvgIpc) is 2.92. The maximum atomic E-state index is 12.4. The molecule has 1 saturated carbocycles. The minimum atomic E-state index is -0.763. The van der Waals surface area contributed by atoms with Crippen molar-refractivity contribution in [2.45, 2.75) is 39.2 Å². The molecule has 2 aliphatic heterocycles. The van der Waals surface area contributed by atoms with Gasteiger partial charge in [-0.1, -0.05) is 36.4 Å². The van der Waals surface area contributed by atoms with Crippen molar-refractivity contribution in [3.63, 3.8) is 0 Å². The number of allylic oxidation sites excluding steroid dienone is 1. The van der Waals surface area contributed by atoms with E-state index < -0.39 is 16.4 Å². The van der Waals surface area contributed by atoms with Crippen molar-refractivity contribution in [2.75, 3.05) is 6.61 Å². The topological polar surface area (TPSA) is 52.6 Å². The molecule has 3 aliphatic rings. The van der Waals surface area contributed by atoms with Crippen LogP contribution in [0.4, 0.5) is 0 Å². The first-order valence-corrected chi connectivity index (χ1v) is 7.94. The van der Waals surface area contributed by atoms with Crippen molar-refractivity contribution in [3.05, 3.63) is 22.7 Å². The van der Waals surface area contributed by atoms with Crippen LogP contribution in [0.1, 0.15) is 33.6 Å². The van der Waals surface area contributed by atoms with Crippen LogP contribution in [0.3, 0.4) is 0 Å². The van der Waals surface area contributed by atoms with Gasteiger partial charge in [-0.15, -0.1) is 0 Å². The van der Waals surface area contributed by atoms with Gasteiger partial charge in [-0.2, -0.15) is 0 Å². The molecule has 3 rings (SSSR count). The minimum Gasteiger partial charge on any atom is -0.464 e. The molecule has 1 saturated heterocycles. The number of fused-ring (bicyclic) bond motifs is 3. The van der Waals surface area contributed by atoms with Gasteiger partial charge in [-0.05, 0) is 35.7 Å². The second kappa shape index (κ2) is 4.22. The van der Waals surface area contributed by atoms with Crippen LogP contribution in [0.25, 0.3) is 0 Å². The van der Waals surface area contributed by atoms with Gasteiger partial charge in [-0.25, -0.2) is 4.79 Å². The van der Waals surface area contributed by atoms with E-state index in [1.165, 1.54) is 0 Å². The Morgan fingerprint density at radius 3 is 2.76 bits per heavy atom. The molecule has 0 bridgehead atoms. The van der Waals surface area contributed by atoms with Crippen molar-refractivity contribution >= 4 is 27.9 Å². The molecule has 114 valence electrons. The molecule has 5 heteroatoms. The summed E-state index contributed by atoms with van der Waals surface area (Å²) in [6.45, 7) is 10.1. The van der Waals surface area contributed by atoms with Crippen molar-refractivity contribution in [3.8, 4) is 0 Å². The van der Waals surface area contributed by atoms with E-state index in [2.05, 4.69) is 22.5 Å². The van der Waals surface area contributed by atoms with Crippen LogP contribution < -0.4 is 0 Å². The highest BCUT2D eigenvalue weighted by Crippen LogP contribution is 2.70. The molecule has 2 heterocycles. The summed E-state index contributed by atoms with van der Waals surface area (Å²) in [6.07, 6.45) is 2.86. The fourth-order valence-corrected chi connectivity index (χ4v) is 4.63. The first-order chi connectivity index (χ1) is 9.69. The highest BCUT2D eigenvalue weighted by atomic mass is 79.9. The smallest absolute Gasteiger partial charge is 0.331 e. The number of esters is 2. The summed E-state index contributed by atoms with van der Waals surface area (Å²) in [4.78, 5) is 24.3. The Bertz CT molecular complexity index is 595. The SMILES string of the molecule is C=C(Br)CC[C@@]12OC(=O)C=C1[C@@H](C)[C@@]1(C)C(=O)OC[C@@]21C. The summed E-state index contributed by atoms with van der Waals surface area (Å²) in [5.41, 5.74) is -1.03. The van der Waals surface area contributed by atoms with Crippen LogP contribution in [0.2, 0.25) is 0 Å². The fourth-order valence-electron chi connectivity index (χ4n) is 4.43. The predicted molar refractivity (Wildman–Crippen MR) is 80.5 cm³/mol. The lowest BCUT2D eigenvalue weighted by atomic mass is 9.62. The van der Waals surface area contributed by atoms with E-state index in [-0.39, 0.29) is 24.5 Å². The van der Waals surface area contributed by atoms with E-state index in [0.717, 1.165) is 10.1 Å². The molecular formula is C16H19BrO4. The summed E-state index contributed by atoms with van der Waals surface area (Å²) in [7, 11) is 0. The van der Waals surface area contributed by atoms with Crippen LogP contribution in [-0.4, -0.2) is 24.1 Å². The summed E-state index contributed by atoms with van der Waals surface area (Å²) >= 11 is 3.37. The molecule has 4 atom stereocenters. The molecular weight excluding hydrogens is 336 g/mol. The molecule has 4 nitrogen and oxygen atoms in total. The standard InChI is InChI=1S/C16H19BrO4/c1-9(17)5-6-16-11(7-12(18)21-16)10(2)15(4)13(19)20-8-14(15,16)3/h7,10H,1,5-6,8H2,2-4H3/t10-,14-,15+,16-/m1/s1. The van der Waals surface area contributed by atoms with Crippen LogP contribution in [0.15, 0.2) is 22.7 Å². The number of hydrogen-bond acceptors (Lipinski definition) is 4. The van der Waals surface area contributed by atoms with E-state index in [4.69, 9.17) is 9.47 Å². The third-order valence-electron chi connectivity index (χ3n) is 6.05. The lowest BCUT2D eigenvalue weighted by Crippen LogP contribution is -2.51. The fraction of sp³-hybridized carbons (Fsp3) is 0.625. The van der Waals surface area contributed by atoms with Crippen LogP contribution in [0, 0.1) is 16.7 Å². The second-order valence-electron chi connectivity index (χ2n) is 6.70. The number of ether oxygens (including phenoxy) is 2. The van der Waals surface area contributed by atoms with E-state index in [9.17, 15) is 9.59 Å². The van der Waals surface area contributed by atoms with E-state index in [0.29, 0.717) is 12.8 Å². The molecule has 0 amide bonds. The van der Waals surface area contributed by atoms with Gasteiger partial charge in [0.15, 0.2) is 0 Å². The van der Waals surface area contributed by atoms with Crippen LogP contribution in [0.5, 0.6) is 0 Å². The Morgan fingerprint density at radius 2 is 2.14 bits per heavy atom. The largest absolute Gasteiger partial charge is 0.464 e. The number of halogens is 1. The Morgan fingerprint density at radius 1 is 1.48 bits per heavy atom. The number of cyclic esters (lactones) is 1. The number of carbonyl (C=O) groups is 2. The van der Waals surface area contributed by atoms with Crippen molar-refractivity contribution in [1.82, 2.24) is 0 Å². The van der Waals surface area contributed by atoms with E-state index in [1.807, 2.05) is 20.8 Å². The van der Waals surface area contributed by atoms with Gasteiger partial charge in [0.2, 0.25) is 0 Å². The lowest BCUT2D eigenvalue weighted by molar-refractivity contribution is -0.162. The minimum absolute atomic E-state index is 0.0764. The maximum Gasteiger partial charge on any atom is 0.331 e. The Hall–Kier alpha value is -1.10. The van der Waals surface area contributed by atoms with Crippen molar-refractivity contribution < 1.29 is 19.1 Å². The quantitative estimate of drug-likeness (QED) is 0.730. The zero-order valence-corrected chi connectivity index (χ0v) is 14.1. The highest BCUT2D eigenvalue weighted by Gasteiger charge is 2.78. The Labute approximate surface area is 132 Å². The molecule has 0 aromatic heterocycles. The van der Waals surface area contributed by atoms with E-state index in [1.54, 1.807) is 6.08 Å². The van der Waals surface area contributed by atoms with Gasteiger partial charge >= 0.3 is 11.9 Å². The Balaban J connectivity index is 2.16. The van der Waals surface area contributed by atoms with Gasteiger partial charge in [0.05, 0.1) is 10.8 Å². The first kappa shape index (κ1) is 14.8. The molecule has 0 unspecified atom stereocenters. The molecule has 0 spiro atoms. The van der Waals surface area contributed by atoms with Crippen LogP contribution in [-0.2, 0) is 19.1 Å². The number of rotatable bonds is 3. The molecule has 2 fully saturated rings. The van der Waals surface area contributed by atoms with E-state index >= 15 is 0 Å². The highest BCUT2D eigenvalue weighted by molar-refractivity contribution is 9.11. The molecule has 1 aliphatic carbocycles. The van der Waals surface area contributed by atoms with Crippen molar-refractivity contribution in [2.24, 2.45) is 16.7 Å². The van der Waals surface area contributed by atoms with Gasteiger partial charge in [-0.3, -0.25) is 4.79 Å². The third-order valence-corrected chi connectivity index (χ3v) is 6.45. The predicted octanol–water partition coefficient (Wildman–Crippen LogP) is 3.12. The van der Waals surface area contributed by atoms with Gasteiger partial charge in [0.25, 0.3) is 0 Å². The van der Waals surface area contributed by atoms with Gasteiger partial charge in [0.1, 0.15) is 12.2 Å². The Kier molecular flexibility index (Phi) is 2.98. The van der Waals surface area contributed by atoms with Crippen molar-refractivity contribution in [1.29, 1.82) is 0 Å². The zero-order valence-electron chi connectivity index (χ0n) is 12.5. The molecule has 0 radical (unpaired) electrons. The summed E-state index contributed by atoms with van der Waals surface area (Å²) in [5.74, 6) is -0.590.